The molecule has 1 aliphatic heterocycles. The highest BCUT2D eigenvalue weighted by atomic mass is 16.2. The van der Waals surface area contributed by atoms with Gasteiger partial charge < -0.3 is 9.80 Å². The summed E-state index contributed by atoms with van der Waals surface area (Å²) in [5.41, 5.74) is 1.45. The number of aryl methyl sites for hydroxylation is 1. The number of aromatic nitrogens is 6. The zero-order valence-corrected chi connectivity index (χ0v) is 15.4. The highest BCUT2D eigenvalue weighted by molar-refractivity contribution is 5.83. The maximum Gasteiger partial charge on any atom is 0.268 e. The van der Waals surface area contributed by atoms with Gasteiger partial charge in [-0.1, -0.05) is 30.3 Å². The van der Waals surface area contributed by atoms with Crippen LogP contribution in [0.25, 0.3) is 0 Å². The lowest BCUT2D eigenvalue weighted by molar-refractivity contribution is -0.134. The van der Waals surface area contributed by atoms with E-state index >= 15 is 0 Å². The van der Waals surface area contributed by atoms with Gasteiger partial charge in [0.2, 0.25) is 0 Å². The molecule has 10 heteroatoms. The number of tetrazole rings is 1. The number of hydrogen-bond donors (Lipinski definition) is 0. The molecule has 1 fully saturated rings. The van der Waals surface area contributed by atoms with Gasteiger partial charge in [-0.05, 0) is 16.0 Å². The van der Waals surface area contributed by atoms with Gasteiger partial charge >= 0.3 is 0 Å². The van der Waals surface area contributed by atoms with Crippen LogP contribution in [0.4, 0.5) is 5.69 Å². The fourth-order valence-corrected chi connectivity index (χ4v) is 3.32. The second-order valence-corrected chi connectivity index (χ2v) is 6.59. The Labute approximate surface area is 161 Å². The second kappa shape index (κ2) is 7.59. The summed E-state index contributed by atoms with van der Waals surface area (Å²) in [6, 6.07) is 10.4. The SMILES string of the molecule is Cn1ncc(N2CCN(C(=O)C(c3ccccc3)n3cnnn3)CC2)cc1=O. The monoisotopic (exact) mass is 380 g/mol. The molecule has 144 valence electrons. The summed E-state index contributed by atoms with van der Waals surface area (Å²) in [5.74, 6) is -0.0553. The minimum atomic E-state index is -0.603. The number of piperazine rings is 1. The van der Waals surface area contributed by atoms with Crippen LogP contribution >= 0.6 is 0 Å². The second-order valence-electron chi connectivity index (χ2n) is 6.59. The van der Waals surface area contributed by atoms with E-state index in [1.165, 1.54) is 15.7 Å². The molecule has 1 amide bonds. The van der Waals surface area contributed by atoms with E-state index in [4.69, 9.17) is 0 Å². The number of carbonyl (C=O) groups excluding carboxylic acids is 1. The maximum absolute atomic E-state index is 13.3. The lowest BCUT2D eigenvalue weighted by Crippen LogP contribution is -2.51. The van der Waals surface area contributed by atoms with Gasteiger partial charge in [-0.25, -0.2) is 9.36 Å². The van der Waals surface area contributed by atoms with Crippen molar-refractivity contribution in [2.45, 2.75) is 6.04 Å². The molecular formula is C18H20N8O2. The fraction of sp³-hybridized carbons (Fsp3) is 0.333. The van der Waals surface area contributed by atoms with Crippen molar-refractivity contribution in [1.29, 1.82) is 0 Å². The van der Waals surface area contributed by atoms with Crippen molar-refractivity contribution >= 4 is 11.6 Å². The van der Waals surface area contributed by atoms with Crippen molar-refractivity contribution in [3.8, 4) is 0 Å². The predicted molar refractivity (Wildman–Crippen MR) is 101 cm³/mol. The molecule has 10 nitrogen and oxygen atoms in total. The van der Waals surface area contributed by atoms with E-state index in [1.807, 2.05) is 35.2 Å². The Hall–Kier alpha value is -3.56. The Balaban J connectivity index is 1.50. The quantitative estimate of drug-likeness (QED) is 0.613. The molecule has 0 bridgehead atoms. The number of carbonyl (C=O) groups is 1. The third-order valence-corrected chi connectivity index (χ3v) is 4.89. The Bertz CT molecular complexity index is 994. The average molecular weight is 380 g/mol. The van der Waals surface area contributed by atoms with E-state index in [0.29, 0.717) is 26.2 Å². The molecule has 4 rings (SSSR count). The molecule has 2 aromatic heterocycles. The van der Waals surface area contributed by atoms with Crippen molar-refractivity contribution in [2.24, 2.45) is 7.05 Å². The van der Waals surface area contributed by atoms with Crippen LogP contribution in [0, 0.1) is 0 Å². The lowest BCUT2D eigenvalue weighted by Gasteiger charge is -2.37. The molecule has 0 N–H and O–H groups in total. The first-order chi connectivity index (χ1) is 13.6. The van der Waals surface area contributed by atoms with Gasteiger partial charge in [-0.3, -0.25) is 9.59 Å². The van der Waals surface area contributed by atoms with Crippen LogP contribution in [0.3, 0.4) is 0 Å². The predicted octanol–water partition coefficient (Wildman–Crippen LogP) is -0.295. The molecule has 3 aromatic rings. The van der Waals surface area contributed by atoms with Crippen molar-refractivity contribution in [3.63, 3.8) is 0 Å². The fourth-order valence-electron chi connectivity index (χ4n) is 3.32. The van der Waals surface area contributed by atoms with Crippen molar-refractivity contribution in [2.75, 3.05) is 31.1 Å². The van der Waals surface area contributed by atoms with Gasteiger partial charge in [0.05, 0.1) is 11.9 Å². The topological polar surface area (TPSA) is 102 Å². The highest BCUT2D eigenvalue weighted by Crippen LogP contribution is 2.21. The van der Waals surface area contributed by atoms with E-state index in [9.17, 15) is 9.59 Å². The van der Waals surface area contributed by atoms with Crippen molar-refractivity contribution < 1.29 is 4.79 Å². The first-order valence-corrected chi connectivity index (χ1v) is 8.98. The largest absolute Gasteiger partial charge is 0.367 e. The first-order valence-electron chi connectivity index (χ1n) is 8.98. The summed E-state index contributed by atoms with van der Waals surface area (Å²) < 4.78 is 2.77. The molecule has 0 radical (unpaired) electrons. The molecule has 0 aliphatic carbocycles. The molecule has 1 aliphatic rings. The summed E-state index contributed by atoms with van der Waals surface area (Å²) in [6.45, 7) is 2.33. The number of benzene rings is 1. The van der Waals surface area contributed by atoms with Crippen LogP contribution in [0.1, 0.15) is 11.6 Å². The van der Waals surface area contributed by atoms with Gasteiger partial charge in [0.15, 0.2) is 6.04 Å². The number of hydrogen-bond acceptors (Lipinski definition) is 7. The van der Waals surface area contributed by atoms with Crippen LogP contribution in [0.2, 0.25) is 0 Å². The zero-order chi connectivity index (χ0) is 19.5. The van der Waals surface area contributed by atoms with E-state index in [1.54, 1.807) is 19.3 Å². The van der Waals surface area contributed by atoms with Crippen LogP contribution in [-0.2, 0) is 11.8 Å². The Morgan fingerprint density at radius 3 is 2.50 bits per heavy atom. The lowest BCUT2D eigenvalue weighted by atomic mass is 10.1. The van der Waals surface area contributed by atoms with E-state index < -0.39 is 6.04 Å². The molecule has 1 saturated heterocycles. The van der Waals surface area contributed by atoms with Crippen molar-refractivity contribution in [1.82, 2.24) is 34.9 Å². The minimum absolute atomic E-state index is 0.0553. The molecule has 1 aromatic carbocycles. The van der Waals surface area contributed by atoms with E-state index in [0.717, 1.165) is 11.3 Å². The summed E-state index contributed by atoms with van der Waals surface area (Å²) in [5, 5.41) is 15.4. The number of anilines is 1. The number of nitrogens with zero attached hydrogens (tertiary/aromatic N) is 8. The molecule has 1 atom stereocenters. The molecule has 3 heterocycles. The van der Waals surface area contributed by atoms with Crippen molar-refractivity contribution in [3.05, 3.63) is 64.8 Å². The molecule has 0 spiro atoms. The Morgan fingerprint density at radius 1 is 1.11 bits per heavy atom. The third-order valence-electron chi connectivity index (χ3n) is 4.89. The van der Waals surface area contributed by atoms with Gasteiger partial charge in [-0.15, -0.1) is 5.10 Å². The molecule has 1 unspecified atom stereocenters. The summed E-state index contributed by atoms with van der Waals surface area (Å²) in [4.78, 5) is 29.0. The van der Waals surface area contributed by atoms with Gasteiger partial charge in [-0.2, -0.15) is 5.10 Å². The summed E-state index contributed by atoms with van der Waals surface area (Å²) in [6.07, 6.45) is 3.13. The van der Waals surface area contributed by atoms with Crippen LogP contribution < -0.4 is 10.5 Å². The molecule has 28 heavy (non-hydrogen) atoms. The summed E-state index contributed by atoms with van der Waals surface area (Å²) >= 11 is 0. The number of rotatable bonds is 4. The first kappa shape index (κ1) is 17.8. The van der Waals surface area contributed by atoms with Gasteiger partial charge in [0.1, 0.15) is 6.33 Å². The molecule has 0 saturated carbocycles. The zero-order valence-electron chi connectivity index (χ0n) is 15.4. The minimum Gasteiger partial charge on any atom is -0.367 e. The van der Waals surface area contributed by atoms with E-state index in [2.05, 4.69) is 25.5 Å². The maximum atomic E-state index is 13.3. The van der Waals surface area contributed by atoms with Gasteiger partial charge in [0, 0.05) is 39.3 Å². The van der Waals surface area contributed by atoms with Gasteiger partial charge in [0.25, 0.3) is 11.5 Å². The third kappa shape index (κ3) is 3.48. The summed E-state index contributed by atoms with van der Waals surface area (Å²) in [7, 11) is 1.62. The Morgan fingerprint density at radius 2 is 1.86 bits per heavy atom. The smallest absolute Gasteiger partial charge is 0.268 e. The highest BCUT2D eigenvalue weighted by Gasteiger charge is 2.31. The van der Waals surface area contributed by atoms with Crippen LogP contribution in [-0.4, -0.2) is 67.0 Å². The average Bonchev–Trinajstić information content (AvgIpc) is 3.25. The van der Waals surface area contributed by atoms with Crippen LogP contribution in [0.5, 0.6) is 0 Å². The van der Waals surface area contributed by atoms with E-state index in [-0.39, 0.29) is 11.5 Å². The number of amides is 1. The van der Waals surface area contributed by atoms with Crippen LogP contribution in [0.15, 0.2) is 53.7 Å². The Kier molecular flexibility index (Phi) is 4.83. The standard InChI is InChI=1S/C18H20N8O2/c1-23-16(27)11-15(12-20-23)24-7-9-25(10-8-24)18(28)17(26-13-19-21-22-26)14-5-3-2-4-6-14/h2-6,11-13,17H,7-10H2,1H3. The normalized spacial score (nSPS) is 15.5. The molecular weight excluding hydrogens is 360 g/mol.